The molecular weight excluding hydrogens is 904 g/mol. The molecule has 0 aromatic carbocycles. The first kappa shape index (κ1) is 68.7. The predicted molar refractivity (Wildman–Crippen MR) is 305 cm³/mol. The van der Waals surface area contributed by atoms with Crippen molar-refractivity contribution in [2.45, 2.75) is 277 Å². The van der Waals surface area contributed by atoms with Gasteiger partial charge in [-0.1, -0.05) is 223 Å². The van der Waals surface area contributed by atoms with E-state index < -0.39 is 20.0 Å². The molecule has 9 nitrogen and oxygen atoms in total. The summed E-state index contributed by atoms with van der Waals surface area (Å²) in [5.41, 5.74) is 0. The molecule has 1 amide bonds. The van der Waals surface area contributed by atoms with E-state index in [2.05, 4.69) is 74.7 Å². The number of hydrogen-bond acceptors (Lipinski definition) is 6. The van der Waals surface area contributed by atoms with E-state index in [0.717, 1.165) is 89.9 Å². The van der Waals surface area contributed by atoms with Gasteiger partial charge in [0, 0.05) is 12.8 Å². The molecule has 0 saturated heterocycles. The summed E-state index contributed by atoms with van der Waals surface area (Å²) in [6, 6.07) is -0.860. The third-order valence-corrected chi connectivity index (χ3v) is 13.9. The van der Waals surface area contributed by atoms with Crippen LogP contribution in [0, 0.1) is 0 Å². The summed E-state index contributed by atoms with van der Waals surface area (Å²) in [5, 5.41) is 3.04. The van der Waals surface area contributed by atoms with Crippen LogP contribution in [-0.2, 0) is 27.9 Å². The number of phosphoric ester groups is 1. The maximum Gasteiger partial charge on any atom is 0.472 e. The van der Waals surface area contributed by atoms with Crippen molar-refractivity contribution >= 4 is 19.7 Å². The molecule has 0 aliphatic carbocycles. The lowest BCUT2D eigenvalue weighted by Crippen LogP contribution is -2.47. The summed E-state index contributed by atoms with van der Waals surface area (Å²) in [5.74, 6) is -0.531. The minimum absolute atomic E-state index is 0.0342. The molecule has 3 unspecified atom stereocenters. The summed E-state index contributed by atoms with van der Waals surface area (Å²) >= 11 is 0. The Morgan fingerprint density at radius 1 is 0.507 bits per heavy atom. The summed E-state index contributed by atoms with van der Waals surface area (Å²) in [4.78, 5) is 37.6. The molecule has 2 N–H and O–H groups in total. The highest BCUT2D eigenvalue weighted by atomic mass is 31.2. The monoisotopic (exact) mass is 1020 g/mol. The van der Waals surface area contributed by atoms with Gasteiger partial charge in [0.2, 0.25) is 5.91 Å². The lowest BCUT2D eigenvalue weighted by atomic mass is 10.0. The number of nitrogens with zero attached hydrogens (tertiary/aromatic N) is 1. The van der Waals surface area contributed by atoms with E-state index in [1.165, 1.54) is 141 Å². The SMILES string of the molecule is CC/C=C/C/C=C/C/C=C/CCCCCCC(=O)NC(COP(=O)(O)OCC[N+](C)(C)C)C(/C=C/CCCCCCCCCCCC)OC(=O)CCCCCCCCCCC/C=C/CCCCCCCC. The lowest BCUT2D eigenvalue weighted by molar-refractivity contribution is -0.870. The van der Waals surface area contributed by atoms with Crippen molar-refractivity contribution in [2.75, 3.05) is 40.9 Å². The smallest absolute Gasteiger partial charge is 0.456 e. The quantitative estimate of drug-likeness (QED) is 0.0205. The first-order valence-corrected chi connectivity index (χ1v) is 31.1. The second-order valence-corrected chi connectivity index (χ2v) is 22.6. The molecule has 0 heterocycles. The highest BCUT2D eigenvalue weighted by Crippen LogP contribution is 2.43. The van der Waals surface area contributed by atoms with Gasteiger partial charge >= 0.3 is 13.8 Å². The average molecular weight is 1020 g/mol. The Morgan fingerprint density at radius 3 is 1.37 bits per heavy atom. The van der Waals surface area contributed by atoms with E-state index >= 15 is 0 Å². The van der Waals surface area contributed by atoms with Crippen LogP contribution in [0.3, 0.4) is 0 Å². The number of esters is 1. The fourth-order valence-corrected chi connectivity index (χ4v) is 9.10. The van der Waals surface area contributed by atoms with Gasteiger partial charge in [-0.2, -0.15) is 0 Å². The van der Waals surface area contributed by atoms with Gasteiger partial charge in [-0.25, -0.2) is 4.57 Å². The van der Waals surface area contributed by atoms with E-state index in [1.54, 1.807) is 0 Å². The second kappa shape index (κ2) is 51.2. The number of carbonyl (C=O) groups excluding carboxylic acids is 2. The van der Waals surface area contributed by atoms with Crippen LogP contribution in [0.15, 0.2) is 60.8 Å². The lowest BCUT2D eigenvalue weighted by Gasteiger charge is -2.27. The number of phosphoric acid groups is 1. The van der Waals surface area contributed by atoms with Gasteiger partial charge in [0.25, 0.3) is 0 Å². The highest BCUT2D eigenvalue weighted by molar-refractivity contribution is 7.47. The average Bonchev–Trinajstić information content (AvgIpc) is 3.33. The molecule has 10 heteroatoms. The molecule has 0 aliphatic rings. The number of likely N-dealkylation sites (N-methyl/N-ethyl adjacent to an activating group) is 1. The maximum absolute atomic E-state index is 13.5. The minimum Gasteiger partial charge on any atom is -0.456 e. The summed E-state index contributed by atoms with van der Waals surface area (Å²) in [7, 11) is 1.48. The number of quaternary nitrogens is 1. The second-order valence-electron chi connectivity index (χ2n) is 21.1. The molecule has 0 bridgehead atoms. The van der Waals surface area contributed by atoms with Crippen LogP contribution in [0.25, 0.3) is 0 Å². The van der Waals surface area contributed by atoms with Crippen molar-refractivity contribution < 1.29 is 37.3 Å². The normalized spacial score (nSPS) is 14.2. The first-order valence-electron chi connectivity index (χ1n) is 29.6. The Kier molecular flexibility index (Phi) is 49.6. The number of carbonyl (C=O) groups is 2. The van der Waals surface area contributed by atoms with Crippen LogP contribution < -0.4 is 5.32 Å². The molecule has 0 aromatic heterocycles. The van der Waals surface area contributed by atoms with Crippen LogP contribution in [0.2, 0.25) is 0 Å². The minimum atomic E-state index is -4.45. The first-order chi connectivity index (χ1) is 34.4. The largest absolute Gasteiger partial charge is 0.472 e. The number of allylic oxidation sites excluding steroid dienone is 9. The molecule has 71 heavy (non-hydrogen) atoms. The Bertz CT molecular complexity index is 1400. The van der Waals surface area contributed by atoms with E-state index in [4.69, 9.17) is 13.8 Å². The van der Waals surface area contributed by atoms with Crippen LogP contribution in [0.5, 0.6) is 0 Å². The molecule has 0 spiro atoms. The van der Waals surface area contributed by atoms with Gasteiger partial charge in [0.15, 0.2) is 0 Å². The number of nitrogens with one attached hydrogen (secondary N) is 1. The fourth-order valence-electron chi connectivity index (χ4n) is 8.36. The van der Waals surface area contributed by atoms with Gasteiger partial charge in [-0.15, -0.1) is 0 Å². The zero-order chi connectivity index (χ0) is 52.2. The maximum atomic E-state index is 13.5. The zero-order valence-electron chi connectivity index (χ0n) is 47.2. The van der Waals surface area contributed by atoms with Crippen molar-refractivity contribution in [1.29, 1.82) is 0 Å². The predicted octanol–water partition coefficient (Wildman–Crippen LogP) is 17.9. The van der Waals surface area contributed by atoms with Crippen molar-refractivity contribution in [3.05, 3.63) is 60.8 Å². The molecule has 0 aliphatic heterocycles. The highest BCUT2D eigenvalue weighted by Gasteiger charge is 2.30. The van der Waals surface area contributed by atoms with Gasteiger partial charge in [0.1, 0.15) is 19.3 Å². The number of rotatable bonds is 53. The number of amides is 1. The molecule has 414 valence electrons. The fraction of sp³-hybridized carbons (Fsp3) is 0.803. The van der Waals surface area contributed by atoms with Gasteiger partial charge in [0.05, 0.1) is 33.8 Å². The van der Waals surface area contributed by atoms with Crippen LogP contribution in [-0.4, -0.2) is 74.3 Å². The molecular formula is C61H114N2O7P+. The Balaban J connectivity index is 5.31. The molecule has 0 fully saturated rings. The molecule has 0 saturated carbocycles. The van der Waals surface area contributed by atoms with E-state index in [9.17, 15) is 19.0 Å². The summed E-state index contributed by atoms with van der Waals surface area (Å²) in [6.45, 7) is 6.88. The molecule has 0 radical (unpaired) electrons. The number of hydrogen-bond donors (Lipinski definition) is 2. The van der Waals surface area contributed by atoms with Crippen LogP contribution in [0.4, 0.5) is 0 Å². The topological polar surface area (TPSA) is 111 Å². The molecule has 0 rings (SSSR count). The van der Waals surface area contributed by atoms with Crippen molar-refractivity contribution in [1.82, 2.24) is 5.32 Å². The van der Waals surface area contributed by atoms with E-state index in [-0.39, 0.29) is 31.5 Å². The van der Waals surface area contributed by atoms with Crippen LogP contribution in [0.1, 0.15) is 265 Å². The van der Waals surface area contributed by atoms with E-state index in [0.29, 0.717) is 17.4 Å². The third-order valence-electron chi connectivity index (χ3n) is 12.9. The summed E-state index contributed by atoms with van der Waals surface area (Å²) in [6.07, 6.45) is 63.6. The summed E-state index contributed by atoms with van der Waals surface area (Å²) < 4.78 is 30.6. The number of unbranched alkanes of at least 4 members (excludes halogenated alkanes) is 29. The zero-order valence-corrected chi connectivity index (χ0v) is 48.1. The van der Waals surface area contributed by atoms with Crippen molar-refractivity contribution in [3.63, 3.8) is 0 Å². The van der Waals surface area contributed by atoms with Crippen molar-refractivity contribution in [3.8, 4) is 0 Å². The third kappa shape index (κ3) is 52.4. The van der Waals surface area contributed by atoms with Gasteiger partial charge < -0.3 is 19.4 Å². The molecule has 0 aromatic rings. The Labute approximate surface area is 439 Å². The van der Waals surface area contributed by atoms with Gasteiger partial charge in [-0.3, -0.25) is 18.6 Å². The standard InChI is InChI=1S/C61H113N2O7P/c1-7-10-13-16-19-22-25-28-30-31-32-33-34-36-39-42-45-48-51-54-61(65)70-59(52-49-46-43-40-37-27-24-21-18-15-12-9-3)58(57-69-71(66,67)68-56-55-63(4,5)6)62-60(64)53-50-47-44-41-38-35-29-26-23-20-17-14-11-8-2/h11,14,20,23,28-30,35,49,52,58-59H,7-10,12-13,15-19,21-22,24-27,31-34,36-48,50-51,53-57H2,1-6H3,(H-,62,64,66,67)/p+1/b14-11+,23-20+,30-28+,35-29+,52-49+. The Morgan fingerprint density at radius 2 is 0.901 bits per heavy atom. The number of ether oxygens (including phenoxy) is 1. The van der Waals surface area contributed by atoms with Crippen molar-refractivity contribution in [2.24, 2.45) is 0 Å². The Hall–Kier alpha value is -2.29. The van der Waals surface area contributed by atoms with E-state index in [1.807, 2.05) is 33.3 Å². The molecule has 3 atom stereocenters. The van der Waals surface area contributed by atoms with Gasteiger partial charge in [-0.05, 0) is 89.5 Å². The van der Waals surface area contributed by atoms with Crippen LogP contribution >= 0.6 is 7.82 Å².